The van der Waals surface area contributed by atoms with Gasteiger partial charge in [0, 0.05) is 25.6 Å². The molecule has 1 aromatic heterocycles. The lowest BCUT2D eigenvalue weighted by Crippen LogP contribution is -2.35. The Labute approximate surface area is 160 Å². The van der Waals surface area contributed by atoms with Crippen LogP contribution in [0.5, 0.6) is 0 Å². The van der Waals surface area contributed by atoms with E-state index in [1.807, 2.05) is 6.92 Å². The maximum absolute atomic E-state index is 12.6. The first-order valence-corrected chi connectivity index (χ1v) is 11.0. The van der Waals surface area contributed by atoms with Gasteiger partial charge in [-0.25, -0.2) is 22.6 Å². The van der Waals surface area contributed by atoms with Crippen LogP contribution in [0, 0.1) is 12.8 Å². The van der Waals surface area contributed by atoms with E-state index in [9.17, 15) is 13.2 Å². The summed E-state index contributed by atoms with van der Waals surface area (Å²) in [5, 5.41) is 4.47. The predicted molar refractivity (Wildman–Crippen MR) is 104 cm³/mol. The van der Waals surface area contributed by atoms with E-state index in [1.165, 1.54) is 0 Å². The molecule has 7 nitrogen and oxygen atoms in total. The van der Waals surface area contributed by atoms with Crippen LogP contribution in [0.15, 0.2) is 34.0 Å². The number of benzene rings is 1. The Morgan fingerprint density at radius 3 is 2.59 bits per heavy atom. The Kier molecular flexibility index (Phi) is 5.86. The fourth-order valence-corrected chi connectivity index (χ4v) is 4.58. The van der Waals surface area contributed by atoms with E-state index in [-0.39, 0.29) is 16.6 Å². The third-order valence-electron chi connectivity index (χ3n) is 4.99. The number of hydrogen-bond acceptors (Lipinski definition) is 4. The summed E-state index contributed by atoms with van der Waals surface area (Å²) in [5.41, 5.74) is 0.926. The van der Waals surface area contributed by atoms with Gasteiger partial charge in [-0.1, -0.05) is 31.5 Å². The molecule has 0 spiro atoms. The summed E-state index contributed by atoms with van der Waals surface area (Å²) < 4.78 is 31.2. The first-order chi connectivity index (χ1) is 12.8. The van der Waals surface area contributed by atoms with E-state index < -0.39 is 10.0 Å². The van der Waals surface area contributed by atoms with Crippen LogP contribution >= 0.6 is 0 Å². The summed E-state index contributed by atoms with van der Waals surface area (Å²) in [7, 11) is -3.56. The molecule has 0 saturated carbocycles. The molecule has 1 unspecified atom stereocenters. The molecule has 0 aliphatic carbocycles. The summed E-state index contributed by atoms with van der Waals surface area (Å²) in [4.78, 5) is 12.8. The number of aryl methyl sites for hydroxylation is 3. The zero-order chi connectivity index (χ0) is 19.6. The lowest BCUT2D eigenvalue weighted by molar-refractivity contribution is 0.458. The number of hydrogen-bond donors (Lipinski definition) is 1. The first-order valence-electron chi connectivity index (χ1n) is 9.52. The standard InChI is InChI=1S/C19H28N4O3S/c1-14(2)10-13-23-19(24)22-12-11-16(6-9-18(22)20-23)21-27(25,26)17-7-4-15(3)5-8-17/h4-5,7-8,14,16,21H,6,9-13H2,1-3H3. The lowest BCUT2D eigenvalue weighted by Gasteiger charge is -2.16. The molecule has 0 fully saturated rings. The molecule has 1 aliphatic rings. The number of rotatable bonds is 6. The second-order valence-corrected chi connectivity index (χ2v) is 9.43. The van der Waals surface area contributed by atoms with Crippen molar-refractivity contribution in [3.63, 3.8) is 0 Å². The van der Waals surface area contributed by atoms with E-state index in [0.717, 1.165) is 17.8 Å². The van der Waals surface area contributed by atoms with Gasteiger partial charge < -0.3 is 0 Å². The molecule has 2 heterocycles. The van der Waals surface area contributed by atoms with Gasteiger partial charge in [-0.3, -0.25) is 4.57 Å². The van der Waals surface area contributed by atoms with E-state index >= 15 is 0 Å². The van der Waals surface area contributed by atoms with Crippen LogP contribution in [0.2, 0.25) is 0 Å². The molecule has 1 aliphatic heterocycles. The predicted octanol–water partition coefficient (Wildman–Crippen LogP) is 2.08. The van der Waals surface area contributed by atoms with Crippen molar-refractivity contribution < 1.29 is 8.42 Å². The van der Waals surface area contributed by atoms with Crippen molar-refractivity contribution in [2.45, 2.75) is 70.5 Å². The number of fused-ring (bicyclic) bond motifs is 1. The van der Waals surface area contributed by atoms with Crippen molar-refractivity contribution in [3.8, 4) is 0 Å². The van der Waals surface area contributed by atoms with Gasteiger partial charge >= 0.3 is 5.69 Å². The third kappa shape index (κ3) is 4.68. The maximum atomic E-state index is 12.6. The smallest absolute Gasteiger partial charge is 0.279 e. The highest BCUT2D eigenvalue weighted by Crippen LogP contribution is 2.16. The highest BCUT2D eigenvalue weighted by atomic mass is 32.2. The Balaban J connectivity index is 1.68. The Morgan fingerprint density at radius 1 is 1.22 bits per heavy atom. The molecule has 148 valence electrons. The van der Waals surface area contributed by atoms with Crippen molar-refractivity contribution >= 4 is 10.0 Å². The summed E-state index contributed by atoms with van der Waals surface area (Å²) in [5.74, 6) is 1.26. The molecular weight excluding hydrogens is 364 g/mol. The molecule has 8 heteroatoms. The average Bonchev–Trinajstić information content (AvgIpc) is 2.77. The molecule has 0 amide bonds. The van der Waals surface area contributed by atoms with Gasteiger partial charge in [-0.2, -0.15) is 5.10 Å². The second-order valence-electron chi connectivity index (χ2n) is 7.71. The fourth-order valence-electron chi connectivity index (χ4n) is 3.28. The van der Waals surface area contributed by atoms with Crippen LogP contribution in [0.25, 0.3) is 0 Å². The van der Waals surface area contributed by atoms with Crippen LogP contribution in [0.4, 0.5) is 0 Å². The molecule has 2 aromatic rings. The SMILES string of the molecule is Cc1ccc(S(=O)(=O)NC2CCc3nn(CCC(C)C)c(=O)n3CC2)cc1. The molecule has 0 saturated heterocycles. The Bertz CT molecular complexity index is 942. The van der Waals surface area contributed by atoms with Crippen molar-refractivity contribution in [1.29, 1.82) is 0 Å². The van der Waals surface area contributed by atoms with Crippen molar-refractivity contribution in [3.05, 3.63) is 46.1 Å². The zero-order valence-electron chi connectivity index (χ0n) is 16.2. The summed E-state index contributed by atoms with van der Waals surface area (Å²) in [6, 6.07) is 6.61. The molecule has 1 atom stereocenters. The monoisotopic (exact) mass is 392 g/mol. The topological polar surface area (TPSA) is 86.0 Å². The number of nitrogens with one attached hydrogen (secondary N) is 1. The maximum Gasteiger partial charge on any atom is 0.345 e. The summed E-state index contributed by atoms with van der Waals surface area (Å²) in [6.07, 6.45) is 2.71. The van der Waals surface area contributed by atoms with Crippen molar-refractivity contribution in [2.75, 3.05) is 0 Å². The average molecular weight is 393 g/mol. The molecule has 0 bridgehead atoms. The lowest BCUT2D eigenvalue weighted by atomic mass is 10.1. The fraction of sp³-hybridized carbons (Fsp3) is 0.579. The van der Waals surface area contributed by atoms with Gasteiger partial charge in [0.25, 0.3) is 0 Å². The molecular formula is C19H28N4O3S. The highest BCUT2D eigenvalue weighted by molar-refractivity contribution is 7.89. The summed E-state index contributed by atoms with van der Waals surface area (Å²) in [6.45, 7) is 7.27. The quantitative estimate of drug-likeness (QED) is 0.816. The van der Waals surface area contributed by atoms with Crippen LogP contribution in [0.3, 0.4) is 0 Å². The molecule has 1 N–H and O–H groups in total. The van der Waals surface area contributed by atoms with Gasteiger partial charge in [0.2, 0.25) is 10.0 Å². The van der Waals surface area contributed by atoms with Gasteiger partial charge in [0.15, 0.2) is 0 Å². The number of sulfonamides is 1. The second kappa shape index (κ2) is 7.98. The van der Waals surface area contributed by atoms with E-state index in [2.05, 4.69) is 23.7 Å². The minimum Gasteiger partial charge on any atom is -0.279 e. The third-order valence-corrected chi connectivity index (χ3v) is 6.52. The zero-order valence-corrected chi connectivity index (χ0v) is 17.0. The van der Waals surface area contributed by atoms with Gasteiger partial charge in [-0.05, 0) is 44.2 Å². The minimum atomic E-state index is -3.56. The van der Waals surface area contributed by atoms with Crippen LogP contribution in [-0.2, 0) is 29.5 Å². The number of nitrogens with zero attached hydrogens (tertiary/aromatic N) is 3. The van der Waals surface area contributed by atoms with E-state index in [0.29, 0.717) is 38.3 Å². The minimum absolute atomic E-state index is 0.0901. The van der Waals surface area contributed by atoms with Crippen molar-refractivity contribution in [2.24, 2.45) is 5.92 Å². The first kappa shape index (κ1) is 19.8. The molecule has 0 radical (unpaired) electrons. The van der Waals surface area contributed by atoms with E-state index in [4.69, 9.17) is 0 Å². The van der Waals surface area contributed by atoms with Crippen molar-refractivity contribution in [1.82, 2.24) is 19.1 Å². The van der Waals surface area contributed by atoms with Gasteiger partial charge in [0.05, 0.1) is 4.90 Å². The molecule has 27 heavy (non-hydrogen) atoms. The van der Waals surface area contributed by atoms with Crippen LogP contribution < -0.4 is 10.4 Å². The largest absolute Gasteiger partial charge is 0.345 e. The van der Waals surface area contributed by atoms with Crippen LogP contribution in [-0.4, -0.2) is 28.8 Å². The number of aromatic nitrogens is 3. The van der Waals surface area contributed by atoms with Crippen LogP contribution in [0.1, 0.15) is 44.5 Å². The molecule has 3 rings (SSSR count). The van der Waals surface area contributed by atoms with Gasteiger partial charge in [-0.15, -0.1) is 0 Å². The summed E-state index contributed by atoms with van der Waals surface area (Å²) >= 11 is 0. The Morgan fingerprint density at radius 2 is 1.93 bits per heavy atom. The van der Waals surface area contributed by atoms with E-state index in [1.54, 1.807) is 33.5 Å². The Hall–Kier alpha value is -1.93. The normalized spacial score (nSPS) is 17.7. The van der Waals surface area contributed by atoms with Gasteiger partial charge in [0.1, 0.15) is 5.82 Å². The highest BCUT2D eigenvalue weighted by Gasteiger charge is 2.25. The molecule has 1 aromatic carbocycles.